The quantitative estimate of drug-likeness (QED) is 0.333. The van der Waals surface area contributed by atoms with Crippen LogP contribution in [0.25, 0.3) is 0 Å². The standard InChI is InChI=1S/C9H15N3S/c1-2-5-11-9(12-10)7-8-4-3-6-13-8/h3-4,6H,2,5,7,10H2,1H3,(H,11,12). The van der Waals surface area contributed by atoms with E-state index in [1.54, 1.807) is 11.3 Å². The van der Waals surface area contributed by atoms with Crippen LogP contribution in [0.1, 0.15) is 18.2 Å². The van der Waals surface area contributed by atoms with Crippen LogP contribution < -0.4 is 11.3 Å². The average molecular weight is 197 g/mol. The van der Waals surface area contributed by atoms with Crippen LogP contribution in [0.4, 0.5) is 0 Å². The van der Waals surface area contributed by atoms with E-state index in [0.29, 0.717) is 0 Å². The highest BCUT2D eigenvalue weighted by molar-refractivity contribution is 7.10. The van der Waals surface area contributed by atoms with Crippen molar-refractivity contribution in [1.82, 2.24) is 5.43 Å². The van der Waals surface area contributed by atoms with Gasteiger partial charge in [-0.15, -0.1) is 11.3 Å². The summed E-state index contributed by atoms with van der Waals surface area (Å²) in [6.07, 6.45) is 1.86. The molecule has 0 aliphatic carbocycles. The number of nitrogens with one attached hydrogen (secondary N) is 1. The lowest BCUT2D eigenvalue weighted by molar-refractivity contribution is 0.894. The summed E-state index contributed by atoms with van der Waals surface area (Å²) in [4.78, 5) is 5.61. The Balaban J connectivity index is 2.49. The number of nitrogens with two attached hydrogens (primary N) is 1. The number of hydrogen-bond donors (Lipinski definition) is 2. The van der Waals surface area contributed by atoms with Crippen molar-refractivity contribution in [2.45, 2.75) is 19.8 Å². The minimum Gasteiger partial charge on any atom is -0.312 e. The molecule has 1 rings (SSSR count). The van der Waals surface area contributed by atoms with Crippen LogP contribution in [0.5, 0.6) is 0 Å². The number of hydrazine groups is 1. The number of amidine groups is 1. The van der Waals surface area contributed by atoms with E-state index >= 15 is 0 Å². The molecule has 0 amide bonds. The topological polar surface area (TPSA) is 50.4 Å². The lowest BCUT2D eigenvalue weighted by Gasteiger charge is -2.02. The molecule has 0 radical (unpaired) electrons. The van der Waals surface area contributed by atoms with Gasteiger partial charge in [0.05, 0.1) is 0 Å². The Morgan fingerprint density at radius 3 is 3.08 bits per heavy atom. The van der Waals surface area contributed by atoms with Crippen molar-refractivity contribution in [3.8, 4) is 0 Å². The predicted molar refractivity (Wildman–Crippen MR) is 57.9 cm³/mol. The van der Waals surface area contributed by atoms with Crippen molar-refractivity contribution in [2.75, 3.05) is 6.54 Å². The molecular formula is C9H15N3S. The number of aliphatic imine (C=N–C) groups is 1. The molecule has 13 heavy (non-hydrogen) atoms. The van der Waals surface area contributed by atoms with Gasteiger partial charge < -0.3 is 5.43 Å². The Bertz CT molecular complexity index is 254. The van der Waals surface area contributed by atoms with Gasteiger partial charge in [-0.1, -0.05) is 13.0 Å². The molecule has 0 aliphatic heterocycles. The zero-order valence-corrected chi connectivity index (χ0v) is 8.60. The van der Waals surface area contributed by atoms with E-state index in [9.17, 15) is 0 Å². The third kappa shape index (κ3) is 3.57. The molecule has 0 atom stereocenters. The van der Waals surface area contributed by atoms with E-state index in [4.69, 9.17) is 5.84 Å². The summed E-state index contributed by atoms with van der Waals surface area (Å²) in [6, 6.07) is 4.12. The fourth-order valence-corrected chi connectivity index (χ4v) is 1.69. The Morgan fingerprint density at radius 1 is 1.69 bits per heavy atom. The fourth-order valence-electron chi connectivity index (χ4n) is 0.978. The predicted octanol–water partition coefficient (Wildman–Crippen LogP) is 1.56. The molecule has 1 aromatic rings. The first kappa shape index (κ1) is 10.2. The van der Waals surface area contributed by atoms with E-state index < -0.39 is 0 Å². The van der Waals surface area contributed by atoms with E-state index in [1.165, 1.54) is 4.88 Å². The molecule has 72 valence electrons. The summed E-state index contributed by atoms with van der Waals surface area (Å²) >= 11 is 1.72. The second-order valence-corrected chi connectivity index (χ2v) is 3.76. The van der Waals surface area contributed by atoms with Gasteiger partial charge in [-0.3, -0.25) is 4.99 Å². The maximum Gasteiger partial charge on any atom is 0.116 e. The molecule has 1 heterocycles. The fraction of sp³-hybridized carbons (Fsp3) is 0.444. The molecule has 0 aliphatic rings. The second-order valence-electron chi connectivity index (χ2n) is 2.73. The number of hydrogen-bond acceptors (Lipinski definition) is 3. The molecule has 4 heteroatoms. The van der Waals surface area contributed by atoms with Gasteiger partial charge in [0.2, 0.25) is 0 Å². The van der Waals surface area contributed by atoms with Crippen LogP contribution in [0.3, 0.4) is 0 Å². The summed E-state index contributed by atoms with van der Waals surface area (Å²) < 4.78 is 0. The lowest BCUT2D eigenvalue weighted by atomic mass is 10.3. The minimum absolute atomic E-state index is 0.814. The van der Waals surface area contributed by atoms with E-state index in [1.807, 2.05) is 6.07 Å². The van der Waals surface area contributed by atoms with E-state index in [2.05, 4.69) is 28.8 Å². The maximum absolute atomic E-state index is 5.35. The highest BCUT2D eigenvalue weighted by Gasteiger charge is 1.99. The molecule has 3 nitrogen and oxygen atoms in total. The van der Waals surface area contributed by atoms with Gasteiger partial charge >= 0.3 is 0 Å². The lowest BCUT2D eigenvalue weighted by Crippen LogP contribution is -2.31. The van der Waals surface area contributed by atoms with Gasteiger partial charge in [0.1, 0.15) is 5.84 Å². The average Bonchev–Trinajstić information content (AvgIpc) is 2.64. The van der Waals surface area contributed by atoms with Gasteiger partial charge in [0.15, 0.2) is 0 Å². The molecular weight excluding hydrogens is 182 g/mol. The summed E-state index contributed by atoms with van der Waals surface area (Å²) in [7, 11) is 0. The largest absolute Gasteiger partial charge is 0.312 e. The van der Waals surface area contributed by atoms with Gasteiger partial charge in [0, 0.05) is 17.8 Å². The molecule has 0 saturated carbocycles. The molecule has 0 spiro atoms. The molecule has 0 aromatic carbocycles. The van der Waals surface area contributed by atoms with Crippen molar-refractivity contribution < 1.29 is 0 Å². The normalized spacial score (nSPS) is 11.7. The summed E-state index contributed by atoms with van der Waals surface area (Å²) in [5, 5.41) is 2.06. The molecule has 0 fully saturated rings. The Labute approximate surface area is 82.7 Å². The van der Waals surface area contributed by atoms with Crippen LogP contribution in [0, 0.1) is 0 Å². The third-order valence-corrected chi connectivity index (χ3v) is 2.49. The summed E-state index contributed by atoms with van der Waals surface area (Å²) in [5.74, 6) is 6.22. The second kappa shape index (κ2) is 5.72. The number of rotatable bonds is 4. The van der Waals surface area contributed by atoms with Crippen LogP contribution in [0.15, 0.2) is 22.5 Å². The summed E-state index contributed by atoms with van der Waals surface area (Å²) in [5.41, 5.74) is 2.63. The highest BCUT2D eigenvalue weighted by Crippen LogP contribution is 2.09. The van der Waals surface area contributed by atoms with Crippen molar-refractivity contribution in [3.05, 3.63) is 22.4 Å². The van der Waals surface area contributed by atoms with Gasteiger partial charge in [-0.05, 0) is 17.9 Å². The van der Waals surface area contributed by atoms with Gasteiger partial charge in [-0.25, -0.2) is 5.84 Å². The monoisotopic (exact) mass is 197 g/mol. The third-order valence-electron chi connectivity index (χ3n) is 1.61. The molecule has 0 bridgehead atoms. The van der Waals surface area contributed by atoms with Crippen molar-refractivity contribution in [1.29, 1.82) is 0 Å². The minimum atomic E-state index is 0.814. The van der Waals surface area contributed by atoms with Crippen molar-refractivity contribution in [3.63, 3.8) is 0 Å². The van der Waals surface area contributed by atoms with E-state index in [0.717, 1.165) is 25.2 Å². The molecule has 3 N–H and O–H groups in total. The highest BCUT2D eigenvalue weighted by atomic mass is 32.1. The molecule has 0 unspecified atom stereocenters. The first-order valence-electron chi connectivity index (χ1n) is 4.39. The number of thiophene rings is 1. The van der Waals surface area contributed by atoms with Crippen LogP contribution in [-0.4, -0.2) is 12.4 Å². The van der Waals surface area contributed by atoms with Gasteiger partial charge in [0.25, 0.3) is 0 Å². The first-order chi connectivity index (χ1) is 6.36. The first-order valence-corrected chi connectivity index (χ1v) is 5.27. The van der Waals surface area contributed by atoms with Crippen LogP contribution in [-0.2, 0) is 6.42 Å². The maximum atomic E-state index is 5.35. The zero-order chi connectivity index (χ0) is 9.52. The smallest absolute Gasteiger partial charge is 0.116 e. The summed E-state index contributed by atoms with van der Waals surface area (Å²) in [6.45, 7) is 2.94. The Hall–Kier alpha value is -0.870. The van der Waals surface area contributed by atoms with Crippen molar-refractivity contribution >= 4 is 17.2 Å². The number of nitrogens with zero attached hydrogens (tertiary/aromatic N) is 1. The molecule has 1 aromatic heterocycles. The Kier molecular flexibility index (Phi) is 4.49. The van der Waals surface area contributed by atoms with Crippen LogP contribution in [0.2, 0.25) is 0 Å². The zero-order valence-electron chi connectivity index (χ0n) is 7.79. The van der Waals surface area contributed by atoms with Gasteiger partial charge in [-0.2, -0.15) is 0 Å². The van der Waals surface area contributed by atoms with Crippen LogP contribution >= 0.6 is 11.3 Å². The SMILES string of the molecule is CCCN=C(Cc1cccs1)NN. The van der Waals surface area contributed by atoms with E-state index in [-0.39, 0.29) is 0 Å². The Morgan fingerprint density at radius 2 is 2.54 bits per heavy atom. The molecule has 0 saturated heterocycles. The van der Waals surface area contributed by atoms with Crippen molar-refractivity contribution in [2.24, 2.45) is 10.8 Å².